The van der Waals surface area contributed by atoms with Crippen molar-refractivity contribution >= 4 is 6.09 Å². The lowest BCUT2D eigenvalue weighted by Gasteiger charge is -2.35. The Morgan fingerprint density at radius 3 is 2.38 bits per heavy atom. The molecule has 0 aromatic heterocycles. The van der Waals surface area contributed by atoms with Gasteiger partial charge in [0.25, 0.3) is 0 Å². The van der Waals surface area contributed by atoms with Crippen molar-refractivity contribution < 1.29 is 9.53 Å². The van der Waals surface area contributed by atoms with Crippen molar-refractivity contribution in [1.29, 1.82) is 0 Å². The zero-order valence-electron chi connectivity index (χ0n) is 7.92. The van der Waals surface area contributed by atoms with Gasteiger partial charge in [0.2, 0.25) is 0 Å². The molecule has 0 heterocycles. The average molecular weight is 186 g/mol. The third-order valence-electron chi connectivity index (χ3n) is 2.68. The molecule has 4 heteroatoms. The minimum Gasteiger partial charge on any atom is -0.443 e. The highest BCUT2D eigenvalue weighted by Crippen LogP contribution is 2.33. The highest BCUT2D eigenvalue weighted by Gasteiger charge is 2.34. The second-order valence-corrected chi connectivity index (χ2v) is 3.70. The summed E-state index contributed by atoms with van der Waals surface area (Å²) in [7, 11) is 0. The van der Waals surface area contributed by atoms with Crippen LogP contribution in [0, 0.1) is 0 Å². The third-order valence-corrected chi connectivity index (χ3v) is 2.68. The monoisotopic (exact) mass is 186 g/mol. The minimum atomic E-state index is -0.671. The van der Waals surface area contributed by atoms with Crippen LogP contribution in [0.1, 0.15) is 38.5 Å². The number of rotatable bonds is 3. The molecule has 0 bridgehead atoms. The average Bonchev–Trinajstić information content (AvgIpc) is 2.04. The molecule has 13 heavy (non-hydrogen) atoms. The molecular formula is C9H18N2O2. The van der Waals surface area contributed by atoms with E-state index in [0.717, 1.165) is 32.1 Å². The molecule has 4 nitrogen and oxygen atoms in total. The maximum absolute atomic E-state index is 10.7. The van der Waals surface area contributed by atoms with E-state index in [2.05, 4.69) is 0 Å². The molecule has 0 radical (unpaired) electrons. The lowest BCUT2D eigenvalue weighted by Crippen LogP contribution is -2.40. The van der Waals surface area contributed by atoms with Crippen molar-refractivity contribution in [1.82, 2.24) is 0 Å². The second-order valence-electron chi connectivity index (χ2n) is 3.70. The topological polar surface area (TPSA) is 78.3 Å². The van der Waals surface area contributed by atoms with Gasteiger partial charge in [0.15, 0.2) is 0 Å². The number of carbonyl (C=O) groups is 1. The van der Waals surface area contributed by atoms with Gasteiger partial charge in [-0.2, -0.15) is 0 Å². The van der Waals surface area contributed by atoms with Crippen LogP contribution >= 0.6 is 0 Å². The molecule has 0 aromatic carbocycles. The van der Waals surface area contributed by atoms with Crippen LogP contribution in [-0.4, -0.2) is 18.2 Å². The van der Waals surface area contributed by atoms with E-state index >= 15 is 0 Å². The number of hydrogen-bond acceptors (Lipinski definition) is 3. The van der Waals surface area contributed by atoms with Crippen LogP contribution in [-0.2, 0) is 4.74 Å². The molecule has 0 aliphatic heterocycles. The van der Waals surface area contributed by atoms with Gasteiger partial charge >= 0.3 is 6.09 Å². The Labute approximate surface area is 78.6 Å². The van der Waals surface area contributed by atoms with Crippen molar-refractivity contribution in [2.24, 2.45) is 11.5 Å². The second kappa shape index (κ2) is 4.46. The maximum atomic E-state index is 10.7. The Morgan fingerprint density at radius 1 is 1.31 bits per heavy atom. The molecule has 1 aliphatic rings. The van der Waals surface area contributed by atoms with Crippen molar-refractivity contribution in [2.45, 2.75) is 44.1 Å². The summed E-state index contributed by atoms with van der Waals surface area (Å²) in [6, 6.07) is 0. The Hall–Kier alpha value is -0.770. The summed E-state index contributed by atoms with van der Waals surface area (Å²) in [4.78, 5) is 10.7. The molecule has 4 N–H and O–H groups in total. The van der Waals surface area contributed by atoms with E-state index in [1.165, 1.54) is 6.42 Å². The van der Waals surface area contributed by atoms with E-state index in [1.54, 1.807) is 0 Å². The Bertz CT molecular complexity index is 171. The third kappa shape index (κ3) is 2.88. The zero-order valence-corrected chi connectivity index (χ0v) is 7.92. The molecule has 1 rings (SSSR count). The largest absolute Gasteiger partial charge is 0.443 e. The smallest absolute Gasteiger partial charge is 0.405 e. The van der Waals surface area contributed by atoms with Crippen molar-refractivity contribution in [3.63, 3.8) is 0 Å². The standard InChI is InChI=1S/C9H18N2O2/c10-7-6-9(13-8(11)12)4-2-1-3-5-9/h1-7,10H2,(H2,11,12). The highest BCUT2D eigenvalue weighted by molar-refractivity contribution is 5.65. The predicted octanol–water partition coefficient (Wildman–Crippen LogP) is 1.13. The summed E-state index contributed by atoms with van der Waals surface area (Å²) in [5.41, 5.74) is 10.2. The van der Waals surface area contributed by atoms with Crippen LogP contribution in [0.15, 0.2) is 0 Å². The first-order chi connectivity index (χ1) is 6.18. The fourth-order valence-electron chi connectivity index (χ4n) is 2.08. The van der Waals surface area contributed by atoms with Crippen LogP contribution in [0.2, 0.25) is 0 Å². The lowest BCUT2D eigenvalue weighted by atomic mass is 9.82. The molecule has 0 unspecified atom stereocenters. The van der Waals surface area contributed by atoms with Crippen LogP contribution < -0.4 is 11.5 Å². The number of nitrogens with two attached hydrogens (primary N) is 2. The fraction of sp³-hybridized carbons (Fsp3) is 0.889. The summed E-state index contributed by atoms with van der Waals surface area (Å²) >= 11 is 0. The first-order valence-electron chi connectivity index (χ1n) is 4.87. The molecule has 1 fully saturated rings. The van der Waals surface area contributed by atoms with Gasteiger partial charge in [-0.1, -0.05) is 6.42 Å². The first-order valence-corrected chi connectivity index (χ1v) is 4.87. The summed E-state index contributed by atoms with van der Waals surface area (Å²) in [5, 5.41) is 0. The molecule has 1 aliphatic carbocycles. The van der Waals surface area contributed by atoms with Crippen LogP contribution in [0.5, 0.6) is 0 Å². The molecule has 0 spiro atoms. The summed E-state index contributed by atoms with van der Waals surface area (Å²) in [6.07, 6.45) is 5.31. The first kappa shape index (κ1) is 10.3. The number of ether oxygens (including phenoxy) is 1. The Balaban J connectivity index is 2.55. The molecule has 0 saturated heterocycles. The van der Waals surface area contributed by atoms with Gasteiger partial charge in [0.1, 0.15) is 5.60 Å². The molecule has 1 amide bonds. The van der Waals surface area contributed by atoms with Gasteiger partial charge in [-0.3, -0.25) is 0 Å². The molecule has 1 saturated carbocycles. The quantitative estimate of drug-likeness (QED) is 0.693. The highest BCUT2D eigenvalue weighted by atomic mass is 16.6. The summed E-state index contributed by atoms with van der Waals surface area (Å²) in [5.74, 6) is 0. The van der Waals surface area contributed by atoms with Crippen LogP contribution in [0.25, 0.3) is 0 Å². The van der Waals surface area contributed by atoms with Gasteiger partial charge in [0.05, 0.1) is 0 Å². The summed E-state index contributed by atoms with van der Waals surface area (Å²) < 4.78 is 5.18. The summed E-state index contributed by atoms with van der Waals surface area (Å²) in [6.45, 7) is 0.549. The van der Waals surface area contributed by atoms with E-state index in [1.807, 2.05) is 0 Å². The fourth-order valence-corrected chi connectivity index (χ4v) is 2.08. The van der Waals surface area contributed by atoms with Crippen molar-refractivity contribution in [2.75, 3.05) is 6.54 Å². The Kier molecular flexibility index (Phi) is 3.54. The van der Waals surface area contributed by atoms with E-state index in [-0.39, 0.29) is 5.60 Å². The predicted molar refractivity (Wildman–Crippen MR) is 50.2 cm³/mol. The maximum Gasteiger partial charge on any atom is 0.405 e. The van der Waals surface area contributed by atoms with Gasteiger partial charge < -0.3 is 16.2 Å². The van der Waals surface area contributed by atoms with E-state index < -0.39 is 6.09 Å². The van der Waals surface area contributed by atoms with Gasteiger partial charge in [-0.25, -0.2) is 4.79 Å². The number of primary amides is 1. The zero-order chi connectivity index (χ0) is 9.73. The Morgan fingerprint density at radius 2 is 1.92 bits per heavy atom. The van der Waals surface area contributed by atoms with Crippen molar-refractivity contribution in [3.05, 3.63) is 0 Å². The molecular weight excluding hydrogens is 168 g/mol. The van der Waals surface area contributed by atoms with Gasteiger partial charge in [0, 0.05) is 0 Å². The number of amides is 1. The molecule has 0 aromatic rings. The van der Waals surface area contributed by atoms with E-state index in [0.29, 0.717) is 6.54 Å². The van der Waals surface area contributed by atoms with Crippen molar-refractivity contribution in [3.8, 4) is 0 Å². The minimum absolute atomic E-state index is 0.348. The molecule has 76 valence electrons. The SMILES string of the molecule is NCCC1(OC(N)=O)CCCCC1. The van der Waals surface area contributed by atoms with Crippen LogP contribution in [0.4, 0.5) is 4.79 Å². The lowest BCUT2D eigenvalue weighted by molar-refractivity contribution is -0.0165. The van der Waals surface area contributed by atoms with Crippen LogP contribution in [0.3, 0.4) is 0 Å². The normalized spacial score (nSPS) is 21.0. The van der Waals surface area contributed by atoms with E-state index in [9.17, 15) is 4.79 Å². The number of carbonyl (C=O) groups excluding carboxylic acids is 1. The molecule has 0 atom stereocenters. The number of hydrogen-bond donors (Lipinski definition) is 2. The van der Waals surface area contributed by atoms with E-state index in [4.69, 9.17) is 16.2 Å². The van der Waals surface area contributed by atoms with Gasteiger partial charge in [-0.05, 0) is 38.6 Å². The van der Waals surface area contributed by atoms with Gasteiger partial charge in [-0.15, -0.1) is 0 Å².